The number of hydrogen-bond acceptors (Lipinski definition) is 6. The van der Waals surface area contributed by atoms with E-state index in [9.17, 15) is 4.79 Å². The number of amides is 1. The van der Waals surface area contributed by atoms with Crippen LogP contribution in [0.5, 0.6) is 0 Å². The molecule has 1 aliphatic rings. The first kappa shape index (κ1) is 18.5. The van der Waals surface area contributed by atoms with Crippen LogP contribution >= 0.6 is 0 Å². The van der Waals surface area contributed by atoms with Gasteiger partial charge in [-0.05, 0) is 24.3 Å². The van der Waals surface area contributed by atoms with Gasteiger partial charge in [0.15, 0.2) is 11.5 Å². The van der Waals surface area contributed by atoms with Crippen LogP contribution in [0.15, 0.2) is 36.7 Å². The van der Waals surface area contributed by atoms with Gasteiger partial charge in [-0.3, -0.25) is 4.79 Å². The third-order valence-electron chi connectivity index (χ3n) is 5.66. The Morgan fingerprint density at radius 2 is 2.00 bits per heavy atom. The monoisotopic (exact) mass is 404 g/mol. The number of rotatable bonds is 3. The summed E-state index contributed by atoms with van der Waals surface area (Å²) in [4.78, 5) is 24.3. The Bertz CT molecular complexity index is 1240. The molecule has 0 spiro atoms. The maximum Gasteiger partial charge on any atom is 0.256 e. The SMILES string of the molecule is CN(C(=O)c1c[nH]c2ncccc12)C1CN(c2ccc3nnc(C(C)(C)C)n3n2)C1. The van der Waals surface area contributed by atoms with E-state index in [4.69, 9.17) is 5.10 Å². The highest BCUT2D eigenvalue weighted by atomic mass is 16.2. The third kappa shape index (κ3) is 2.89. The van der Waals surface area contributed by atoms with Gasteiger partial charge in [0, 0.05) is 43.3 Å². The molecule has 0 bridgehead atoms. The number of likely N-dealkylation sites (N-methyl/N-ethyl adjacent to an activating group) is 1. The van der Waals surface area contributed by atoms with Crippen molar-refractivity contribution in [2.24, 2.45) is 0 Å². The van der Waals surface area contributed by atoms with Crippen LogP contribution in [0.2, 0.25) is 0 Å². The highest BCUT2D eigenvalue weighted by Crippen LogP contribution is 2.26. The molecule has 0 saturated carbocycles. The number of nitrogens with zero attached hydrogens (tertiary/aromatic N) is 7. The molecule has 5 rings (SSSR count). The predicted molar refractivity (Wildman–Crippen MR) is 114 cm³/mol. The number of carbonyl (C=O) groups is 1. The second-order valence-electron chi connectivity index (χ2n) is 8.81. The summed E-state index contributed by atoms with van der Waals surface area (Å²) < 4.78 is 1.82. The Morgan fingerprint density at radius 3 is 2.77 bits per heavy atom. The summed E-state index contributed by atoms with van der Waals surface area (Å²) in [5, 5.41) is 14.1. The molecule has 0 aliphatic carbocycles. The molecule has 0 radical (unpaired) electrons. The molecule has 1 N–H and O–H groups in total. The molecular formula is C21H24N8O. The lowest BCUT2D eigenvalue weighted by atomic mass is 9.96. The van der Waals surface area contributed by atoms with Crippen molar-refractivity contribution in [3.05, 3.63) is 48.0 Å². The second-order valence-corrected chi connectivity index (χ2v) is 8.81. The van der Waals surface area contributed by atoms with Crippen molar-refractivity contribution >= 4 is 28.4 Å². The fourth-order valence-corrected chi connectivity index (χ4v) is 3.79. The maximum absolute atomic E-state index is 13.0. The number of H-pyrrole nitrogens is 1. The highest BCUT2D eigenvalue weighted by molar-refractivity contribution is 6.06. The van der Waals surface area contributed by atoms with Gasteiger partial charge < -0.3 is 14.8 Å². The van der Waals surface area contributed by atoms with Crippen LogP contribution in [-0.2, 0) is 5.41 Å². The van der Waals surface area contributed by atoms with Gasteiger partial charge in [-0.15, -0.1) is 15.3 Å². The zero-order valence-electron chi connectivity index (χ0n) is 17.5. The summed E-state index contributed by atoms with van der Waals surface area (Å²) in [6.45, 7) is 7.75. The first-order valence-electron chi connectivity index (χ1n) is 10.00. The molecule has 1 aliphatic heterocycles. The normalized spacial score (nSPS) is 15.0. The molecule has 4 aromatic heterocycles. The lowest BCUT2D eigenvalue weighted by molar-refractivity contribution is 0.0707. The van der Waals surface area contributed by atoms with E-state index in [-0.39, 0.29) is 17.4 Å². The van der Waals surface area contributed by atoms with Crippen LogP contribution in [0.4, 0.5) is 5.82 Å². The van der Waals surface area contributed by atoms with Gasteiger partial charge in [0.2, 0.25) is 0 Å². The lowest BCUT2D eigenvalue weighted by Crippen LogP contribution is -2.60. The Labute approximate surface area is 173 Å². The first-order valence-corrected chi connectivity index (χ1v) is 10.00. The van der Waals surface area contributed by atoms with Crippen LogP contribution in [-0.4, -0.2) is 66.8 Å². The van der Waals surface area contributed by atoms with Crippen LogP contribution in [0.3, 0.4) is 0 Å². The minimum Gasteiger partial charge on any atom is -0.351 e. The number of nitrogens with one attached hydrogen (secondary N) is 1. The van der Waals surface area contributed by atoms with E-state index < -0.39 is 0 Å². The molecule has 154 valence electrons. The van der Waals surface area contributed by atoms with Gasteiger partial charge in [-0.2, -0.15) is 4.52 Å². The summed E-state index contributed by atoms with van der Waals surface area (Å²) in [5.41, 5.74) is 1.97. The second kappa shape index (κ2) is 6.51. The number of aromatic amines is 1. The maximum atomic E-state index is 13.0. The van der Waals surface area contributed by atoms with Crippen LogP contribution < -0.4 is 4.90 Å². The van der Waals surface area contributed by atoms with E-state index in [1.54, 1.807) is 12.4 Å². The number of aromatic nitrogens is 6. The quantitative estimate of drug-likeness (QED) is 0.563. The molecule has 0 aromatic carbocycles. The molecule has 1 saturated heterocycles. The van der Waals surface area contributed by atoms with E-state index in [2.05, 4.69) is 45.8 Å². The standard InChI is InChI=1S/C21H24N8O/c1-21(2,3)20-25-24-16-7-8-17(26-29(16)20)28-11-13(12-28)27(4)19(30)15-10-23-18-14(15)6-5-9-22-18/h5-10,13H,11-12H2,1-4H3,(H,22,23). The Hall–Kier alpha value is -3.49. The van der Waals surface area contributed by atoms with E-state index in [0.29, 0.717) is 5.56 Å². The summed E-state index contributed by atoms with van der Waals surface area (Å²) in [5.74, 6) is 1.69. The smallest absolute Gasteiger partial charge is 0.256 e. The molecule has 9 heteroatoms. The molecule has 30 heavy (non-hydrogen) atoms. The molecule has 1 amide bonds. The van der Waals surface area contributed by atoms with E-state index in [1.807, 2.05) is 40.7 Å². The Balaban J connectivity index is 1.33. The summed E-state index contributed by atoms with van der Waals surface area (Å²) in [6.07, 6.45) is 3.45. The zero-order valence-corrected chi connectivity index (χ0v) is 17.5. The van der Waals surface area contributed by atoms with Gasteiger partial charge >= 0.3 is 0 Å². The van der Waals surface area contributed by atoms with Gasteiger partial charge in [-0.25, -0.2) is 4.98 Å². The Morgan fingerprint density at radius 1 is 1.20 bits per heavy atom. The van der Waals surface area contributed by atoms with Gasteiger partial charge in [0.25, 0.3) is 5.91 Å². The molecule has 0 unspecified atom stereocenters. The van der Waals surface area contributed by atoms with Crippen molar-refractivity contribution in [1.29, 1.82) is 0 Å². The summed E-state index contributed by atoms with van der Waals surface area (Å²) in [6, 6.07) is 7.78. The number of hydrogen-bond donors (Lipinski definition) is 1. The molecule has 5 heterocycles. The third-order valence-corrected chi connectivity index (χ3v) is 5.66. The molecule has 1 fully saturated rings. The van der Waals surface area contributed by atoms with Crippen molar-refractivity contribution < 1.29 is 4.79 Å². The predicted octanol–water partition coefficient (Wildman–Crippen LogP) is 2.26. The zero-order chi connectivity index (χ0) is 21.0. The summed E-state index contributed by atoms with van der Waals surface area (Å²) in [7, 11) is 1.85. The number of anilines is 1. The van der Waals surface area contributed by atoms with Gasteiger partial charge in [-0.1, -0.05) is 20.8 Å². The van der Waals surface area contributed by atoms with Crippen molar-refractivity contribution in [3.63, 3.8) is 0 Å². The fraction of sp³-hybridized carbons (Fsp3) is 0.381. The van der Waals surface area contributed by atoms with Crippen molar-refractivity contribution in [1.82, 2.24) is 34.7 Å². The topological polar surface area (TPSA) is 95.3 Å². The van der Waals surface area contributed by atoms with E-state index in [1.165, 1.54) is 0 Å². The largest absolute Gasteiger partial charge is 0.351 e. The Kier molecular flexibility index (Phi) is 4.02. The minimum atomic E-state index is -0.149. The minimum absolute atomic E-state index is 0.00357. The highest BCUT2D eigenvalue weighted by Gasteiger charge is 2.34. The first-order chi connectivity index (χ1) is 14.3. The van der Waals surface area contributed by atoms with Crippen LogP contribution in [0.1, 0.15) is 37.0 Å². The molecule has 0 atom stereocenters. The number of fused-ring (bicyclic) bond motifs is 2. The van der Waals surface area contributed by atoms with Crippen LogP contribution in [0.25, 0.3) is 16.7 Å². The fourth-order valence-electron chi connectivity index (χ4n) is 3.79. The number of carbonyl (C=O) groups excluding carboxylic acids is 1. The average molecular weight is 404 g/mol. The van der Waals surface area contributed by atoms with E-state index in [0.717, 1.165) is 41.4 Å². The lowest BCUT2D eigenvalue weighted by Gasteiger charge is -2.44. The average Bonchev–Trinajstić information content (AvgIpc) is 3.29. The van der Waals surface area contributed by atoms with Gasteiger partial charge in [0.05, 0.1) is 11.6 Å². The molecule has 4 aromatic rings. The molecule has 9 nitrogen and oxygen atoms in total. The number of pyridine rings is 1. The van der Waals surface area contributed by atoms with E-state index >= 15 is 0 Å². The van der Waals surface area contributed by atoms with Crippen molar-refractivity contribution in [3.8, 4) is 0 Å². The summed E-state index contributed by atoms with van der Waals surface area (Å²) >= 11 is 0. The molecular weight excluding hydrogens is 380 g/mol. The van der Waals surface area contributed by atoms with Gasteiger partial charge in [0.1, 0.15) is 11.5 Å². The van der Waals surface area contributed by atoms with Crippen LogP contribution in [0, 0.1) is 0 Å². The van der Waals surface area contributed by atoms with Crippen molar-refractivity contribution in [2.45, 2.75) is 32.2 Å². The van der Waals surface area contributed by atoms with Crippen molar-refractivity contribution in [2.75, 3.05) is 25.0 Å².